The van der Waals surface area contributed by atoms with Crippen LogP contribution >= 0.6 is 23.2 Å². The lowest BCUT2D eigenvalue weighted by Gasteiger charge is -2.10. The van der Waals surface area contributed by atoms with Gasteiger partial charge in [0.25, 0.3) is 0 Å². The number of aliphatic hydroxyl groups excluding tert-OH is 1. The van der Waals surface area contributed by atoms with Crippen LogP contribution < -0.4 is 10.2 Å². The largest absolute Gasteiger partial charge is 0.488 e. The van der Waals surface area contributed by atoms with E-state index in [1.165, 1.54) is 0 Å². The summed E-state index contributed by atoms with van der Waals surface area (Å²) in [7, 11) is 0. The summed E-state index contributed by atoms with van der Waals surface area (Å²) in [4.78, 5) is 0. The molecule has 0 aromatic heterocycles. The number of nitrogens with one attached hydrogen (secondary N) is 1. The summed E-state index contributed by atoms with van der Waals surface area (Å²) in [6, 6.07) is 12.8. The molecule has 0 fully saturated rings. The minimum absolute atomic E-state index is 0.0323. The zero-order valence-electron chi connectivity index (χ0n) is 11.8. The van der Waals surface area contributed by atoms with Crippen LogP contribution in [-0.2, 0) is 6.61 Å². The van der Waals surface area contributed by atoms with Crippen LogP contribution in [0.15, 0.2) is 47.6 Å². The van der Waals surface area contributed by atoms with Gasteiger partial charge in [-0.1, -0.05) is 41.4 Å². The Bertz CT molecular complexity index is 648. The SMILES string of the molecule is OCCNN=Cc1ccccc1OCc1ccc(Cl)cc1Cl. The molecule has 0 radical (unpaired) electrons. The number of nitrogens with zero attached hydrogens (tertiary/aromatic N) is 1. The highest BCUT2D eigenvalue weighted by Gasteiger charge is 2.05. The number of hydrogen-bond acceptors (Lipinski definition) is 4. The van der Waals surface area contributed by atoms with Crippen LogP contribution in [0.2, 0.25) is 10.0 Å². The van der Waals surface area contributed by atoms with E-state index < -0.39 is 0 Å². The molecule has 2 N–H and O–H groups in total. The van der Waals surface area contributed by atoms with Crippen molar-refractivity contribution in [2.24, 2.45) is 5.10 Å². The van der Waals surface area contributed by atoms with Gasteiger partial charge in [-0.25, -0.2) is 0 Å². The van der Waals surface area contributed by atoms with Gasteiger partial charge in [-0.2, -0.15) is 5.10 Å². The molecule has 0 bridgehead atoms. The summed E-state index contributed by atoms with van der Waals surface area (Å²) >= 11 is 12.0. The van der Waals surface area contributed by atoms with Crippen LogP contribution in [0.25, 0.3) is 0 Å². The Morgan fingerprint density at radius 1 is 1.18 bits per heavy atom. The molecule has 22 heavy (non-hydrogen) atoms. The highest BCUT2D eigenvalue weighted by Crippen LogP contribution is 2.23. The van der Waals surface area contributed by atoms with Gasteiger partial charge in [0.05, 0.1) is 19.4 Å². The van der Waals surface area contributed by atoms with Gasteiger partial charge in [0.2, 0.25) is 0 Å². The summed E-state index contributed by atoms with van der Waals surface area (Å²) in [5.41, 5.74) is 4.42. The zero-order valence-corrected chi connectivity index (χ0v) is 13.3. The minimum Gasteiger partial charge on any atom is -0.488 e. The van der Waals surface area contributed by atoms with E-state index in [2.05, 4.69) is 10.5 Å². The van der Waals surface area contributed by atoms with Crippen LogP contribution in [0.1, 0.15) is 11.1 Å². The first-order chi connectivity index (χ1) is 10.7. The second-order valence-corrected chi connectivity index (χ2v) is 5.30. The maximum absolute atomic E-state index is 8.69. The number of halogens is 2. The minimum atomic E-state index is 0.0323. The number of para-hydroxylation sites is 1. The van der Waals surface area contributed by atoms with Gasteiger partial charge in [-0.15, -0.1) is 0 Å². The summed E-state index contributed by atoms with van der Waals surface area (Å²) in [6.07, 6.45) is 1.65. The Kier molecular flexibility index (Phi) is 6.52. The summed E-state index contributed by atoms with van der Waals surface area (Å²) in [6.45, 7) is 0.773. The van der Waals surface area contributed by atoms with Gasteiger partial charge in [0.1, 0.15) is 12.4 Å². The summed E-state index contributed by atoms with van der Waals surface area (Å²) in [5, 5.41) is 13.9. The van der Waals surface area contributed by atoms with Crippen LogP contribution in [0.4, 0.5) is 0 Å². The highest BCUT2D eigenvalue weighted by atomic mass is 35.5. The zero-order chi connectivity index (χ0) is 15.8. The predicted molar refractivity (Wildman–Crippen MR) is 89.9 cm³/mol. The smallest absolute Gasteiger partial charge is 0.128 e. The van der Waals surface area contributed by atoms with Crippen LogP contribution in [-0.4, -0.2) is 24.5 Å². The van der Waals surface area contributed by atoms with E-state index >= 15 is 0 Å². The number of hydrogen-bond donors (Lipinski definition) is 2. The third-order valence-electron chi connectivity index (χ3n) is 2.84. The van der Waals surface area contributed by atoms with E-state index in [0.29, 0.717) is 28.9 Å². The van der Waals surface area contributed by atoms with Gasteiger partial charge >= 0.3 is 0 Å². The van der Waals surface area contributed by atoms with Gasteiger partial charge in [-0.3, -0.25) is 0 Å². The lowest BCUT2D eigenvalue weighted by molar-refractivity contribution is 0.293. The molecule has 0 amide bonds. The van der Waals surface area contributed by atoms with E-state index in [4.69, 9.17) is 33.0 Å². The molecule has 0 saturated carbocycles. The number of rotatable bonds is 7. The number of benzene rings is 2. The molecule has 0 saturated heterocycles. The predicted octanol–water partition coefficient (Wildman–Crippen LogP) is 3.49. The monoisotopic (exact) mass is 338 g/mol. The fourth-order valence-corrected chi connectivity index (χ4v) is 2.21. The van der Waals surface area contributed by atoms with Gasteiger partial charge in [-0.05, 0) is 24.3 Å². The molecule has 116 valence electrons. The fourth-order valence-electron chi connectivity index (χ4n) is 1.74. The van der Waals surface area contributed by atoms with Crippen molar-refractivity contribution in [2.75, 3.05) is 13.2 Å². The molecule has 0 aliphatic rings. The number of hydrazone groups is 1. The maximum Gasteiger partial charge on any atom is 0.128 e. The lowest BCUT2D eigenvalue weighted by Crippen LogP contribution is -2.11. The van der Waals surface area contributed by atoms with Crippen molar-refractivity contribution in [3.05, 3.63) is 63.6 Å². The fraction of sp³-hybridized carbons (Fsp3) is 0.188. The average molecular weight is 339 g/mol. The first kappa shape index (κ1) is 16.6. The summed E-state index contributed by atoms with van der Waals surface area (Å²) in [5.74, 6) is 0.697. The molecule has 2 aromatic carbocycles. The van der Waals surface area contributed by atoms with E-state index in [1.54, 1.807) is 18.3 Å². The third-order valence-corrected chi connectivity index (χ3v) is 3.42. The second-order valence-electron chi connectivity index (χ2n) is 4.45. The van der Waals surface area contributed by atoms with Crippen LogP contribution in [0.5, 0.6) is 5.75 Å². The molecule has 0 aliphatic carbocycles. The van der Waals surface area contributed by atoms with E-state index in [-0.39, 0.29) is 6.61 Å². The topological polar surface area (TPSA) is 53.8 Å². The molecule has 0 atom stereocenters. The van der Waals surface area contributed by atoms with E-state index in [0.717, 1.165) is 11.1 Å². The highest BCUT2D eigenvalue weighted by molar-refractivity contribution is 6.35. The third kappa shape index (κ3) is 4.91. The van der Waals surface area contributed by atoms with Gasteiger partial charge in [0.15, 0.2) is 0 Å². The van der Waals surface area contributed by atoms with Crippen molar-refractivity contribution in [2.45, 2.75) is 6.61 Å². The van der Waals surface area contributed by atoms with Crippen molar-refractivity contribution in [3.8, 4) is 5.75 Å². The molecular formula is C16H16Cl2N2O2. The summed E-state index contributed by atoms with van der Waals surface area (Å²) < 4.78 is 5.80. The van der Waals surface area contributed by atoms with Crippen molar-refractivity contribution in [1.82, 2.24) is 5.43 Å². The van der Waals surface area contributed by atoms with Gasteiger partial charge < -0.3 is 15.3 Å². The molecule has 0 aliphatic heterocycles. The maximum atomic E-state index is 8.69. The molecule has 4 nitrogen and oxygen atoms in total. The van der Waals surface area contributed by atoms with E-state index in [9.17, 15) is 0 Å². The molecule has 0 unspecified atom stereocenters. The van der Waals surface area contributed by atoms with Crippen molar-refractivity contribution in [1.29, 1.82) is 0 Å². The second kappa shape index (κ2) is 8.63. The number of ether oxygens (including phenoxy) is 1. The normalized spacial score (nSPS) is 10.9. The number of aliphatic hydroxyl groups is 1. The molecule has 0 heterocycles. The molecule has 6 heteroatoms. The van der Waals surface area contributed by atoms with Crippen LogP contribution in [0, 0.1) is 0 Å². The molecule has 2 rings (SSSR count). The Morgan fingerprint density at radius 3 is 2.77 bits per heavy atom. The van der Waals surface area contributed by atoms with Crippen LogP contribution in [0.3, 0.4) is 0 Å². The van der Waals surface area contributed by atoms with Gasteiger partial charge in [0, 0.05) is 21.2 Å². The Balaban J connectivity index is 2.04. The molecule has 0 spiro atoms. The Hall–Kier alpha value is -1.75. The van der Waals surface area contributed by atoms with Crippen molar-refractivity contribution >= 4 is 29.4 Å². The van der Waals surface area contributed by atoms with E-state index in [1.807, 2.05) is 30.3 Å². The first-order valence-electron chi connectivity index (χ1n) is 6.73. The molecular weight excluding hydrogens is 323 g/mol. The quantitative estimate of drug-likeness (QED) is 0.461. The standard InChI is InChI=1S/C16H16Cl2N2O2/c17-14-6-5-13(15(18)9-14)11-22-16-4-2-1-3-12(16)10-20-19-7-8-21/h1-6,9-10,19,21H,7-8,11H2. The van der Waals surface area contributed by atoms with Crippen molar-refractivity contribution < 1.29 is 9.84 Å². The molecule has 2 aromatic rings. The first-order valence-corrected chi connectivity index (χ1v) is 7.49. The Labute approximate surface area is 139 Å². The average Bonchev–Trinajstić information content (AvgIpc) is 2.52. The van der Waals surface area contributed by atoms with Crippen molar-refractivity contribution in [3.63, 3.8) is 0 Å². The Morgan fingerprint density at radius 2 is 2.00 bits per heavy atom. The lowest BCUT2D eigenvalue weighted by atomic mass is 10.2.